The summed E-state index contributed by atoms with van der Waals surface area (Å²) in [6, 6.07) is 6.36. The first-order chi connectivity index (χ1) is 15.1. The fraction of sp³-hybridized carbons (Fsp3) is 0.286. The molecule has 0 atom stereocenters. The van der Waals surface area contributed by atoms with Gasteiger partial charge in [0.05, 0.1) is 24.7 Å². The number of anilines is 3. The van der Waals surface area contributed by atoms with Crippen molar-refractivity contribution in [2.45, 2.75) is 18.9 Å². The van der Waals surface area contributed by atoms with Crippen molar-refractivity contribution < 1.29 is 13.9 Å². The zero-order valence-corrected chi connectivity index (χ0v) is 16.8. The molecule has 1 saturated heterocycles. The summed E-state index contributed by atoms with van der Waals surface area (Å²) >= 11 is 0. The maximum absolute atomic E-state index is 13.7. The highest BCUT2D eigenvalue weighted by atomic mass is 19.1. The Kier molecular flexibility index (Phi) is 4.81. The fourth-order valence-electron chi connectivity index (χ4n) is 4.07. The van der Waals surface area contributed by atoms with Crippen molar-refractivity contribution >= 4 is 23.4 Å². The Hall–Kier alpha value is -3.82. The molecule has 9 nitrogen and oxygen atoms in total. The van der Waals surface area contributed by atoms with E-state index in [9.17, 15) is 9.18 Å². The fourth-order valence-corrected chi connectivity index (χ4v) is 4.07. The Bertz CT molecular complexity index is 1130. The molecule has 0 aromatic carbocycles. The molecule has 1 N–H and O–H groups in total. The predicted octanol–water partition coefficient (Wildman–Crippen LogP) is 3.10. The minimum absolute atomic E-state index is 0.00498. The van der Waals surface area contributed by atoms with E-state index in [0.29, 0.717) is 28.8 Å². The Morgan fingerprint density at radius 3 is 2.81 bits per heavy atom. The van der Waals surface area contributed by atoms with Crippen LogP contribution in [0.2, 0.25) is 0 Å². The van der Waals surface area contributed by atoms with Crippen molar-refractivity contribution in [3.63, 3.8) is 0 Å². The van der Waals surface area contributed by atoms with Crippen molar-refractivity contribution in [3.8, 4) is 17.1 Å². The Labute approximate surface area is 177 Å². The average Bonchev–Trinajstić information content (AvgIpc) is 3.04. The van der Waals surface area contributed by atoms with Crippen LogP contribution >= 0.6 is 0 Å². The molecule has 158 valence electrons. The monoisotopic (exact) mass is 421 g/mol. The smallest absolute Gasteiger partial charge is 0.328 e. The number of ether oxygens (including phenoxy) is 1. The van der Waals surface area contributed by atoms with E-state index in [1.165, 1.54) is 19.5 Å². The molecular formula is C21H20FN7O2. The number of piperidine rings is 1. The summed E-state index contributed by atoms with van der Waals surface area (Å²) in [6.45, 7) is 1.68. The molecule has 3 aromatic heterocycles. The number of hydrogen-bond donors (Lipinski definition) is 1. The summed E-state index contributed by atoms with van der Waals surface area (Å²) in [5.74, 6) is 0.793. The van der Waals surface area contributed by atoms with Gasteiger partial charge in [0.2, 0.25) is 5.88 Å². The average molecular weight is 421 g/mol. The molecule has 3 aliphatic heterocycles. The van der Waals surface area contributed by atoms with E-state index in [-0.39, 0.29) is 12.1 Å². The maximum atomic E-state index is 13.7. The molecule has 31 heavy (non-hydrogen) atoms. The number of halogens is 1. The lowest BCUT2D eigenvalue weighted by Gasteiger charge is -2.31. The first-order valence-electron chi connectivity index (χ1n) is 9.95. The van der Waals surface area contributed by atoms with E-state index in [0.717, 1.165) is 37.8 Å². The van der Waals surface area contributed by atoms with Gasteiger partial charge in [-0.25, -0.2) is 24.1 Å². The Morgan fingerprint density at radius 2 is 2.03 bits per heavy atom. The van der Waals surface area contributed by atoms with Crippen molar-refractivity contribution in [1.29, 1.82) is 0 Å². The Balaban J connectivity index is 1.54. The molecule has 0 radical (unpaired) electrons. The molecule has 1 fully saturated rings. The number of rotatable bonds is 3. The minimum Gasteiger partial charge on any atom is -0.481 e. The number of aromatic nitrogens is 4. The first kappa shape index (κ1) is 19.2. The van der Waals surface area contributed by atoms with Gasteiger partial charge in [0, 0.05) is 37.0 Å². The molecule has 6 heterocycles. The zero-order chi connectivity index (χ0) is 21.4. The van der Waals surface area contributed by atoms with Crippen LogP contribution in [0.5, 0.6) is 5.88 Å². The third-order valence-electron chi connectivity index (χ3n) is 5.56. The predicted molar refractivity (Wildman–Crippen MR) is 113 cm³/mol. The largest absolute Gasteiger partial charge is 0.481 e. The van der Waals surface area contributed by atoms with Crippen LogP contribution in [0.3, 0.4) is 0 Å². The van der Waals surface area contributed by atoms with E-state index in [1.807, 2.05) is 12.1 Å². The number of carbonyl (C=O) groups is 1. The van der Waals surface area contributed by atoms with Crippen LogP contribution in [0, 0.1) is 5.82 Å². The van der Waals surface area contributed by atoms with E-state index in [4.69, 9.17) is 9.72 Å². The second kappa shape index (κ2) is 7.78. The second-order valence-corrected chi connectivity index (χ2v) is 7.40. The third-order valence-corrected chi connectivity index (χ3v) is 5.56. The normalized spacial score (nSPS) is 15.4. The standard InChI is InChI=1S/C21H20FN7O2/c1-31-19-9-18(24-12-25-19)27-21(30)29-15-4-6-28(7-5-15)17-3-2-16(26-20(17)29)13-8-14(22)11-23-10-13/h2-3,8-12,15H,4-7H2,1H3,(H,24,25,27,30). The highest BCUT2D eigenvalue weighted by Gasteiger charge is 2.37. The highest BCUT2D eigenvalue weighted by molar-refractivity contribution is 6.03. The minimum atomic E-state index is -0.439. The van der Waals surface area contributed by atoms with Gasteiger partial charge in [-0.1, -0.05) is 0 Å². The van der Waals surface area contributed by atoms with E-state index in [2.05, 4.69) is 25.2 Å². The molecule has 0 spiro atoms. The molecule has 3 aromatic rings. The lowest BCUT2D eigenvalue weighted by atomic mass is 10.1. The topological polar surface area (TPSA) is 96.4 Å². The number of pyridine rings is 2. The van der Waals surface area contributed by atoms with Crippen molar-refractivity contribution in [1.82, 2.24) is 19.9 Å². The van der Waals surface area contributed by atoms with Gasteiger partial charge in [-0.05, 0) is 31.0 Å². The van der Waals surface area contributed by atoms with Gasteiger partial charge in [-0.3, -0.25) is 15.2 Å². The summed E-state index contributed by atoms with van der Waals surface area (Å²) < 4.78 is 18.8. The number of amides is 2. The van der Waals surface area contributed by atoms with Gasteiger partial charge in [0.15, 0.2) is 5.82 Å². The van der Waals surface area contributed by atoms with Crippen LogP contribution < -0.4 is 19.9 Å². The van der Waals surface area contributed by atoms with Gasteiger partial charge in [-0.2, -0.15) is 0 Å². The summed E-state index contributed by atoms with van der Waals surface area (Å²) in [6.07, 6.45) is 5.69. The molecule has 0 saturated carbocycles. The Morgan fingerprint density at radius 1 is 1.19 bits per heavy atom. The molecule has 2 bridgehead atoms. The molecule has 0 aliphatic carbocycles. The van der Waals surface area contributed by atoms with Crippen LogP contribution in [0.15, 0.2) is 43.0 Å². The highest BCUT2D eigenvalue weighted by Crippen LogP contribution is 2.39. The maximum Gasteiger partial charge on any atom is 0.328 e. The van der Waals surface area contributed by atoms with Gasteiger partial charge in [0.1, 0.15) is 18.0 Å². The molecule has 3 aliphatic rings. The van der Waals surface area contributed by atoms with E-state index < -0.39 is 5.82 Å². The SMILES string of the molecule is COc1cc(NC(=O)N2c3nc(-c4cncc(F)c4)ccc3N3CCC2CC3)ncn1. The summed E-state index contributed by atoms with van der Waals surface area (Å²) in [4.78, 5) is 34.0. The first-order valence-corrected chi connectivity index (χ1v) is 9.95. The number of nitrogens with zero attached hydrogens (tertiary/aromatic N) is 6. The van der Waals surface area contributed by atoms with Crippen LogP contribution in [-0.2, 0) is 0 Å². The second-order valence-electron chi connectivity index (χ2n) is 7.40. The van der Waals surface area contributed by atoms with Crippen LogP contribution in [-0.4, -0.2) is 52.2 Å². The van der Waals surface area contributed by atoms with Gasteiger partial charge < -0.3 is 9.64 Å². The molecular weight excluding hydrogens is 401 g/mol. The summed E-state index contributed by atoms with van der Waals surface area (Å²) in [5, 5.41) is 2.83. The molecule has 0 unspecified atom stereocenters. The van der Waals surface area contributed by atoms with E-state index >= 15 is 0 Å². The zero-order valence-electron chi connectivity index (χ0n) is 16.8. The number of hydrogen-bond acceptors (Lipinski definition) is 7. The molecule has 10 heteroatoms. The lowest BCUT2D eigenvalue weighted by Crippen LogP contribution is -2.46. The molecule has 2 amide bonds. The number of fused-ring (bicyclic) bond motifs is 2. The lowest BCUT2D eigenvalue weighted by molar-refractivity contribution is 0.253. The number of nitrogens with one attached hydrogen (secondary N) is 1. The van der Waals surface area contributed by atoms with Crippen LogP contribution in [0.4, 0.5) is 26.5 Å². The van der Waals surface area contributed by atoms with Crippen molar-refractivity contribution in [2.24, 2.45) is 0 Å². The van der Waals surface area contributed by atoms with Crippen molar-refractivity contribution in [3.05, 3.63) is 48.8 Å². The number of urea groups is 1. The number of methoxy groups -OCH3 is 1. The molecule has 6 rings (SSSR count). The van der Waals surface area contributed by atoms with Gasteiger partial charge >= 0.3 is 6.03 Å². The third kappa shape index (κ3) is 3.60. The van der Waals surface area contributed by atoms with Gasteiger partial charge in [-0.15, -0.1) is 0 Å². The summed E-state index contributed by atoms with van der Waals surface area (Å²) in [5.41, 5.74) is 1.98. The van der Waals surface area contributed by atoms with Gasteiger partial charge in [0.25, 0.3) is 0 Å². The van der Waals surface area contributed by atoms with Crippen LogP contribution in [0.1, 0.15) is 12.8 Å². The van der Waals surface area contributed by atoms with Crippen molar-refractivity contribution in [2.75, 3.05) is 35.3 Å². The number of carbonyl (C=O) groups excluding carboxylic acids is 1. The quantitative estimate of drug-likeness (QED) is 0.694. The van der Waals surface area contributed by atoms with Crippen LogP contribution in [0.25, 0.3) is 11.3 Å². The summed E-state index contributed by atoms with van der Waals surface area (Å²) in [7, 11) is 1.50. The van der Waals surface area contributed by atoms with E-state index in [1.54, 1.807) is 17.2 Å².